The summed E-state index contributed by atoms with van der Waals surface area (Å²) in [6.07, 6.45) is 3.74. The maximum atomic E-state index is 4.49. The number of H-pyrrole nitrogens is 1. The number of aromatic nitrogens is 4. The van der Waals surface area contributed by atoms with Crippen molar-refractivity contribution in [1.82, 2.24) is 20.2 Å². The molecule has 0 spiro atoms. The molecule has 4 rings (SSSR count). The van der Waals surface area contributed by atoms with Gasteiger partial charge >= 0.3 is 0 Å². The Kier molecular flexibility index (Phi) is 4.10. The van der Waals surface area contributed by atoms with Gasteiger partial charge in [-0.3, -0.25) is 5.10 Å². The number of aromatic amines is 1. The van der Waals surface area contributed by atoms with Gasteiger partial charge in [-0.1, -0.05) is 17.7 Å². The quantitative estimate of drug-likeness (QED) is 0.720. The highest BCUT2D eigenvalue weighted by atomic mass is 79.9. The molecule has 1 saturated heterocycles. The molecule has 1 aromatic carbocycles. The number of halogens is 1. The number of nitrogens with zero attached hydrogens (tertiary/aromatic N) is 4. The molecule has 7 heteroatoms. The second-order valence-electron chi connectivity index (χ2n) is 6.21. The summed E-state index contributed by atoms with van der Waals surface area (Å²) in [5.41, 5.74) is 3.18. The fourth-order valence-electron chi connectivity index (χ4n) is 3.17. The summed E-state index contributed by atoms with van der Waals surface area (Å²) < 4.78 is 0.841. The van der Waals surface area contributed by atoms with E-state index in [4.69, 9.17) is 0 Å². The highest BCUT2D eigenvalue weighted by Crippen LogP contribution is 2.30. The smallest absolute Gasteiger partial charge is 0.187 e. The molecule has 3 heterocycles. The van der Waals surface area contributed by atoms with Gasteiger partial charge < -0.3 is 10.2 Å². The molecule has 1 fully saturated rings. The molecule has 0 atom stereocenters. The Morgan fingerprint density at radius 1 is 1.17 bits per heavy atom. The van der Waals surface area contributed by atoms with Gasteiger partial charge in [-0.2, -0.15) is 5.10 Å². The number of fused-ring (bicyclic) bond motifs is 1. The minimum Gasteiger partial charge on any atom is -0.382 e. The van der Waals surface area contributed by atoms with Crippen LogP contribution in [-0.2, 0) is 0 Å². The van der Waals surface area contributed by atoms with Crippen LogP contribution in [0.25, 0.3) is 11.0 Å². The number of piperidine rings is 1. The highest BCUT2D eigenvalue weighted by Gasteiger charge is 2.23. The van der Waals surface area contributed by atoms with Gasteiger partial charge in [-0.15, -0.1) is 0 Å². The maximum Gasteiger partial charge on any atom is 0.187 e. The molecular formula is C17H19BrN6. The van der Waals surface area contributed by atoms with Crippen LogP contribution >= 0.6 is 15.9 Å². The van der Waals surface area contributed by atoms with E-state index in [1.807, 2.05) is 0 Å². The van der Waals surface area contributed by atoms with Crippen molar-refractivity contribution >= 4 is 38.5 Å². The van der Waals surface area contributed by atoms with E-state index in [2.05, 4.69) is 77.5 Å². The van der Waals surface area contributed by atoms with Crippen molar-refractivity contribution in [2.75, 3.05) is 23.3 Å². The molecule has 24 heavy (non-hydrogen) atoms. The second kappa shape index (κ2) is 6.39. The molecule has 0 aliphatic carbocycles. The first-order valence-electron chi connectivity index (χ1n) is 8.13. The first-order valence-corrected chi connectivity index (χ1v) is 8.93. The van der Waals surface area contributed by atoms with Crippen molar-refractivity contribution in [3.05, 3.63) is 40.8 Å². The standard InChI is InChI=1S/C17H19BrN6/c1-11-2-4-12(5-3-11)21-13-6-8-24(9-7-13)17-14-15(18)22-23-16(14)19-10-20-17/h2-5,10,13,21H,6-9H2,1H3,(H,19,20,22,23). The zero-order chi connectivity index (χ0) is 16.5. The number of aryl methyl sites for hydroxylation is 1. The fourth-order valence-corrected chi connectivity index (χ4v) is 3.61. The van der Waals surface area contributed by atoms with Gasteiger partial charge in [0, 0.05) is 24.8 Å². The van der Waals surface area contributed by atoms with Gasteiger partial charge in [0.1, 0.15) is 16.7 Å². The minimum absolute atomic E-state index is 0.495. The average molecular weight is 387 g/mol. The van der Waals surface area contributed by atoms with Crippen molar-refractivity contribution in [3.8, 4) is 0 Å². The van der Waals surface area contributed by atoms with E-state index in [0.717, 1.165) is 41.7 Å². The largest absolute Gasteiger partial charge is 0.382 e. The number of hydrogen-bond acceptors (Lipinski definition) is 5. The summed E-state index contributed by atoms with van der Waals surface area (Å²) in [5.74, 6) is 0.953. The topological polar surface area (TPSA) is 69.7 Å². The lowest BCUT2D eigenvalue weighted by Crippen LogP contribution is -2.39. The summed E-state index contributed by atoms with van der Waals surface area (Å²) in [6, 6.07) is 9.09. The Morgan fingerprint density at radius 2 is 1.92 bits per heavy atom. The van der Waals surface area contributed by atoms with E-state index in [-0.39, 0.29) is 0 Å². The van der Waals surface area contributed by atoms with Gasteiger partial charge in [0.15, 0.2) is 5.65 Å². The van der Waals surface area contributed by atoms with E-state index in [1.165, 1.54) is 11.3 Å². The molecule has 0 unspecified atom stereocenters. The van der Waals surface area contributed by atoms with Crippen LogP contribution in [0.15, 0.2) is 35.2 Å². The zero-order valence-corrected chi connectivity index (χ0v) is 15.0. The Hall–Kier alpha value is -2.15. The first kappa shape index (κ1) is 15.4. The average Bonchev–Trinajstić information content (AvgIpc) is 2.99. The summed E-state index contributed by atoms with van der Waals surface area (Å²) in [4.78, 5) is 11.0. The van der Waals surface area contributed by atoms with Crippen LogP contribution in [0.2, 0.25) is 0 Å². The Morgan fingerprint density at radius 3 is 2.67 bits per heavy atom. The van der Waals surface area contributed by atoms with Crippen LogP contribution in [-0.4, -0.2) is 39.3 Å². The van der Waals surface area contributed by atoms with Crippen LogP contribution in [0.1, 0.15) is 18.4 Å². The monoisotopic (exact) mass is 386 g/mol. The fraction of sp³-hybridized carbons (Fsp3) is 0.353. The van der Waals surface area contributed by atoms with Crippen LogP contribution in [0.4, 0.5) is 11.5 Å². The molecule has 0 amide bonds. The SMILES string of the molecule is Cc1ccc(NC2CCN(c3ncnc4n[nH]c(Br)c34)CC2)cc1. The van der Waals surface area contributed by atoms with Crippen LogP contribution < -0.4 is 10.2 Å². The number of nitrogens with one attached hydrogen (secondary N) is 2. The van der Waals surface area contributed by atoms with Gasteiger partial charge in [0.25, 0.3) is 0 Å². The van der Waals surface area contributed by atoms with E-state index < -0.39 is 0 Å². The number of rotatable bonds is 3. The van der Waals surface area contributed by atoms with Gasteiger partial charge in [-0.05, 0) is 47.8 Å². The van der Waals surface area contributed by atoms with Gasteiger partial charge in [0.05, 0.1) is 5.39 Å². The third-order valence-electron chi connectivity index (χ3n) is 4.50. The summed E-state index contributed by atoms with van der Waals surface area (Å²) in [5, 5.41) is 11.7. The van der Waals surface area contributed by atoms with Crippen molar-refractivity contribution < 1.29 is 0 Å². The summed E-state index contributed by atoms with van der Waals surface area (Å²) in [6.45, 7) is 4.04. The lowest BCUT2D eigenvalue weighted by atomic mass is 10.0. The molecule has 1 aliphatic rings. The molecule has 1 aliphatic heterocycles. The van der Waals surface area contributed by atoms with Gasteiger partial charge in [-0.25, -0.2) is 9.97 Å². The lowest BCUT2D eigenvalue weighted by Gasteiger charge is -2.33. The second-order valence-corrected chi connectivity index (χ2v) is 7.00. The molecule has 0 saturated carbocycles. The molecule has 0 radical (unpaired) electrons. The summed E-state index contributed by atoms with van der Waals surface area (Å²) in [7, 11) is 0. The Balaban J connectivity index is 1.45. The van der Waals surface area contributed by atoms with Crippen molar-refractivity contribution in [2.24, 2.45) is 0 Å². The van der Waals surface area contributed by atoms with Crippen molar-refractivity contribution in [1.29, 1.82) is 0 Å². The highest BCUT2D eigenvalue weighted by molar-refractivity contribution is 9.10. The van der Waals surface area contributed by atoms with E-state index in [9.17, 15) is 0 Å². The molecular weight excluding hydrogens is 368 g/mol. The van der Waals surface area contributed by atoms with Crippen LogP contribution in [0, 0.1) is 6.92 Å². The molecule has 124 valence electrons. The Labute approximate surface area is 148 Å². The number of hydrogen-bond donors (Lipinski definition) is 2. The first-order chi connectivity index (χ1) is 11.7. The molecule has 6 nitrogen and oxygen atoms in total. The number of anilines is 2. The molecule has 2 N–H and O–H groups in total. The minimum atomic E-state index is 0.495. The van der Waals surface area contributed by atoms with Crippen LogP contribution in [0.3, 0.4) is 0 Å². The predicted octanol–water partition coefficient (Wildman–Crippen LogP) is 3.50. The van der Waals surface area contributed by atoms with Gasteiger partial charge in [0.2, 0.25) is 0 Å². The van der Waals surface area contributed by atoms with Crippen molar-refractivity contribution in [3.63, 3.8) is 0 Å². The maximum absolute atomic E-state index is 4.49. The van der Waals surface area contributed by atoms with Crippen LogP contribution in [0.5, 0.6) is 0 Å². The zero-order valence-electron chi connectivity index (χ0n) is 13.5. The van der Waals surface area contributed by atoms with Crippen molar-refractivity contribution in [2.45, 2.75) is 25.8 Å². The van der Waals surface area contributed by atoms with E-state index in [0.29, 0.717) is 11.7 Å². The molecule has 0 bridgehead atoms. The third kappa shape index (κ3) is 2.96. The Bertz CT molecular complexity index is 836. The predicted molar refractivity (Wildman–Crippen MR) is 99.4 cm³/mol. The third-order valence-corrected chi connectivity index (χ3v) is 5.08. The normalized spacial score (nSPS) is 15.8. The molecule has 2 aromatic heterocycles. The number of benzene rings is 1. The lowest BCUT2D eigenvalue weighted by molar-refractivity contribution is 0.524. The van der Waals surface area contributed by atoms with E-state index in [1.54, 1.807) is 6.33 Å². The summed E-state index contributed by atoms with van der Waals surface area (Å²) >= 11 is 3.51. The molecule has 3 aromatic rings. The van der Waals surface area contributed by atoms with E-state index >= 15 is 0 Å².